The van der Waals surface area contributed by atoms with Crippen molar-refractivity contribution in [3.05, 3.63) is 104 Å². The lowest BCUT2D eigenvalue weighted by atomic mass is 10.1. The zero-order chi connectivity index (χ0) is 31.8. The molecular formula is C30H24Cl2N6O4S2. The first kappa shape index (κ1) is 31.3. The number of fused-ring (bicyclic) bond motifs is 2. The molecule has 44 heavy (non-hydrogen) atoms. The zero-order valence-corrected chi connectivity index (χ0v) is 27.0. The highest BCUT2D eigenvalue weighted by Gasteiger charge is 2.17. The van der Waals surface area contributed by atoms with Crippen LogP contribution in [0.4, 0.5) is 0 Å². The van der Waals surface area contributed by atoms with Crippen LogP contribution in [0.3, 0.4) is 0 Å². The number of nitrogens with zero attached hydrogens (tertiary/aromatic N) is 6. The molecule has 4 aromatic heterocycles. The number of aryl methyl sites for hydroxylation is 2. The summed E-state index contributed by atoms with van der Waals surface area (Å²) in [5.74, 6) is 0. The highest BCUT2D eigenvalue weighted by molar-refractivity contribution is 7.98. The first-order valence-corrected chi connectivity index (χ1v) is 16.8. The van der Waals surface area contributed by atoms with Gasteiger partial charge in [0.1, 0.15) is 11.3 Å². The summed E-state index contributed by atoms with van der Waals surface area (Å²) in [6.45, 7) is 0. The lowest BCUT2D eigenvalue weighted by molar-refractivity contribution is 0.593. The average molecular weight is 668 g/mol. The third-order valence-corrected chi connectivity index (χ3v) is 8.78. The van der Waals surface area contributed by atoms with Gasteiger partial charge in [-0.3, -0.25) is 18.7 Å². The second-order valence-corrected chi connectivity index (χ2v) is 13.1. The van der Waals surface area contributed by atoms with Crippen molar-refractivity contribution in [2.24, 2.45) is 14.1 Å². The summed E-state index contributed by atoms with van der Waals surface area (Å²) in [6, 6.07) is 17.7. The van der Waals surface area contributed by atoms with Crippen molar-refractivity contribution in [1.29, 1.82) is 0 Å². The summed E-state index contributed by atoms with van der Waals surface area (Å²) in [6.07, 6.45) is 6.04. The molecule has 0 aliphatic carbocycles. The van der Waals surface area contributed by atoms with E-state index in [0.29, 0.717) is 42.9 Å². The molecule has 0 aliphatic rings. The Morgan fingerprint density at radius 1 is 0.705 bits per heavy atom. The molecule has 0 saturated heterocycles. The third kappa shape index (κ3) is 6.11. The van der Waals surface area contributed by atoms with Gasteiger partial charge in [0, 0.05) is 75.8 Å². The molecule has 6 rings (SSSR count). The van der Waals surface area contributed by atoms with Gasteiger partial charge in [-0.25, -0.2) is 23.4 Å². The predicted molar refractivity (Wildman–Crippen MR) is 175 cm³/mol. The van der Waals surface area contributed by atoms with Crippen LogP contribution in [0.1, 0.15) is 0 Å². The van der Waals surface area contributed by atoms with E-state index < -0.39 is 9.84 Å². The smallest absolute Gasteiger partial charge is 0.259 e. The van der Waals surface area contributed by atoms with E-state index in [1.165, 1.54) is 34.1 Å². The molecule has 4 heterocycles. The van der Waals surface area contributed by atoms with E-state index in [9.17, 15) is 18.0 Å². The van der Waals surface area contributed by atoms with E-state index in [0.717, 1.165) is 17.2 Å². The maximum Gasteiger partial charge on any atom is 0.259 e. The Morgan fingerprint density at radius 3 is 1.61 bits per heavy atom. The SMILES string of the molecule is CSc1ncc2cc(-c3ccccc3Cl)c(=O)n(C)c2n1.Cn1c(=O)c(-c2ccccc2Cl)cc2cnc(S(C)(=O)=O)nc21. The van der Waals surface area contributed by atoms with Gasteiger partial charge >= 0.3 is 0 Å². The summed E-state index contributed by atoms with van der Waals surface area (Å²) in [4.78, 5) is 41.7. The minimum atomic E-state index is -3.55. The fraction of sp³-hybridized carbons (Fsp3) is 0.133. The molecule has 0 fully saturated rings. The van der Waals surface area contributed by atoms with Crippen LogP contribution in [0.15, 0.2) is 93.0 Å². The number of hydrogen-bond donors (Lipinski definition) is 0. The molecule has 6 aromatic rings. The van der Waals surface area contributed by atoms with Crippen molar-refractivity contribution in [2.45, 2.75) is 10.3 Å². The normalized spacial score (nSPS) is 11.4. The van der Waals surface area contributed by atoms with Crippen molar-refractivity contribution < 1.29 is 8.42 Å². The Balaban J connectivity index is 0.000000175. The molecule has 0 spiro atoms. The molecule has 10 nitrogen and oxygen atoms in total. The Morgan fingerprint density at radius 2 is 1.16 bits per heavy atom. The van der Waals surface area contributed by atoms with E-state index in [1.807, 2.05) is 24.5 Å². The lowest BCUT2D eigenvalue weighted by Gasteiger charge is -2.09. The zero-order valence-electron chi connectivity index (χ0n) is 23.8. The highest BCUT2D eigenvalue weighted by atomic mass is 35.5. The summed E-state index contributed by atoms with van der Waals surface area (Å²) in [7, 11) is -0.309. The van der Waals surface area contributed by atoms with Crippen LogP contribution in [0.2, 0.25) is 10.0 Å². The third-order valence-electron chi connectivity index (χ3n) is 6.70. The monoisotopic (exact) mass is 666 g/mol. The van der Waals surface area contributed by atoms with Crippen LogP contribution in [0, 0.1) is 0 Å². The van der Waals surface area contributed by atoms with Gasteiger partial charge in [0.05, 0.1) is 0 Å². The molecule has 0 amide bonds. The molecule has 0 saturated carbocycles. The van der Waals surface area contributed by atoms with Gasteiger partial charge < -0.3 is 0 Å². The largest absolute Gasteiger partial charge is 0.295 e. The molecule has 0 N–H and O–H groups in total. The number of sulfone groups is 1. The van der Waals surface area contributed by atoms with Gasteiger partial charge in [0.15, 0.2) is 5.16 Å². The van der Waals surface area contributed by atoms with Gasteiger partial charge in [-0.1, -0.05) is 71.4 Å². The molecule has 0 aliphatic heterocycles. The summed E-state index contributed by atoms with van der Waals surface area (Å²) >= 11 is 13.8. The maximum absolute atomic E-state index is 12.6. The minimum Gasteiger partial charge on any atom is -0.295 e. The molecule has 14 heteroatoms. The van der Waals surface area contributed by atoms with E-state index in [-0.39, 0.29) is 21.9 Å². The summed E-state index contributed by atoms with van der Waals surface area (Å²) < 4.78 is 26.0. The number of aromatic nitrogens is 6. The van der Waals surface area contributed by atoms with E-state index >= 15 is 0 Å². The van der Waals surface area contributed by atoms with Gasteiger partial charge in [0.25, 0.3) is 11.1 Å². The van der Waals surface area contributed by atoms with E-state index in [2.05, 4.69) is 19.9 Å². The maximum atomic E-state index is 12.6. The number of rotatable bonds is 4. The van der Waals surface area contributed by atoms with Crippen LogP contribution in [-0.4, -0.2) is 50.0 Å². The van der Waals surface area contributed by atoms with Crippen molar-refractivity contribution in [3.63, 3.8) is 0 Å². The van der Waals surface area contributed by atoms with Crippen LogP contribution < -0.4 is 11.1 Å². The summed E-state index contributed by atoms with van der Waals surface area (Å²) in [5, 5.41) is 2.70. The number of pyridine rings is 2. The minimum absolute atomic E-state index is 0.124. The van der Waals surface area contributed by atoms with Crippen LogP contribution in [0.25, 0.3) is 44.3 Å². The number of halogens is 2. The molecular weight excluding hydrogens is 643 g/mol. The second-order valence-electron chi connectivity index (χ2n) is 9.64. The fourth-order valence-corrected chi connectivity index (χ4v) is 5.79. The predicted octanol–water partition coefficient (Wildman–Crippen LogP) is 5.42. The Hall–Kier alpha value is -4.10. The molecule has 0 unspecified atom stereocenters. The van der Waals surface area contributed by atoms with E-state index in [4.69, 9.17) is 23.2 Å². The molecule has 0 radical (unpaired) electrons. The Kier molecular flexibility index (Phi) is 8.89. The quantitative estimate of drug-likeness (QED) is 0.179. The number of thioether (sulfide) groups is 1. The Labute approximate surface area is 266 Å². The molecule has 2 aromatic carbocycles. The first-order valence-electron chi connectivity index (χ1n) is 12.9. The van der Waals surface area contributed by atoms with Crippen molar-refractivity contribution in [1.82, 2.24) is 29.1 Å². The first-order chi connectivity index (χ1) is 20.9. The van der Waals surface area contributed by atoms with Crippen LogP contribution >= 0.6 is 35.0 Å². The summed E-state index contributed by atoms with van der Waals surface area (Å²) in [5.41, 5.74) is 2.71. The molecule has 0 atom stereocenters. The number of hydrogen-bond acceptors (Lipinski definition) is 9. The fourth-order valence-electron chi connectivity index (χ4n) is 4.48. The van der Waals surface area contributed by atoms with Crippen molar-refractivity contribution in [3.8, 4) is 22.3 Å². The van der Waals surface area contributed by atoms with Crippen molar-refractivity contribution >= 4 is 66.9 Å². The molecule has 224 valence electrons. The van der Waals surface area contributed by atoms with Crippen LogP contribution in [-0.2, 0) is 23.9 Å². The highest BCUT2D eigenvalue weighted by Crippen LogP contribution is 2.28. The number of benzene rings is 2. The van der Waals surface area contributed by atoms with Gasteiger partial charge in [-0.05, 0) is 30.5 Å². The average Bonchev–Trinajstić information content (AvgIpc) is 3.01. The van der Waals surface area contributed by atoms with Gasteiger partial charge in [0.2, 0.25) is 15.0 Å². The molecule has 0 bridgehead atoms. The topological polar surface area (TPSA) is 130 Å². The van der Waals surface area contributed by atoms with Gasteiger partial charge in [-0.15, -0.1) is 0 Å². The second kappa shape index (κ2) is 12.5. The lowest BCUT2D eigenvalue weighted by Crippen LogP contribution is -2.20. The van der Waals surface area contributed by atoms with Crippen LogP contribution in [0.5, 0.6) is 0 Å². The van der Waals surface area contributed by atoms with Crippen molar-refractivity contribution in [2.75, 3.05) is 12.5 Å². The Bertz CT molecular complexity index is 2310. The van der Waals surface area contributed by atoms with E-state index in [1.54, 1.807) is 55.7 Å². The van der Waals surface area contributed by atoms with Gasteiger partial charge in [-0.2, -0.15) is 4.98 Å². The standard InChI is InChI=1S/C15H12ClN3O3S.C15H12ClN3OS/c1-19-13-9(8-17-15(18-13)23(2,21)22)7-11(14(19)20)10-5-3-4-6-12(10)16;1-19-13-9(8-17-15(18-13)21-2)7-11(14(19)20)10-5-3-4-6-12(10)16/h3-8H,1-2H3;3-8H,1-2H3.